The third kappa shape index (κ3) is 1.84. The van der Waals surface area contributed by atoms with Crippen LogP contribution in [-0.2, 0) is 7.05 Å². The molecule has 1 heterocycles. The Morgan fingerprint density at radius 3 is 2.65 bits per heavy atom. The van der Waals surface area contributed by atoms with Gasteiger partial charge in [0.15, 0.2) is 11.6 Å². The van der Waals surface area contributed by atoms with Crippen LogP contribution in [0.3, 0.4) is 0 Å². The minimum atomic E-state index is -0.477. The van der Waals surface area contributed by atoms with Gasteiger partial charge in [0.2, 0.25) is 0 Å². The van der Waals surface area contributed by atoms with E-state index in [4.69, 9.17) is 10.5 Å². The molecule has 4 nitrogen and oxygen atoms in total. The van der Waals surface area contributed by atoms with Crippen LogP contribution in [0.4, 0.5) is 10.1 Å². The van der Waals surface area contributed by atoms with E-state index in [1.807, 2.05) is 13.1 Å². The molecule has 0 aliphatic rings. The molecule has 1 aromatic heterocycles. The number of hydrogen-bond donors (Lipinski definition) is 1. The molecule has 0 radical (unpaired) electrons. The number of benzene rings is 1. The molecule has 0 unspecified atom stereocenters. The first-order valence-electron chi connectivity index (χ1n) is 5.17. The molecule has 0 saturated heterocycles. The van der Waals surface area contributed by atoms with Gasteiger partial charge in [-0.15, -0.1) is 0 Å². The van der Waals surface area contributed by atoms with Crippen LogP contribution in [0.1, 0.15) is 5.56 Å². The van der Waals surface area contributed by atoms with E-state index >= 15 is 0 Å². The number of halogens is 1. The number of nitrogen functional groups attached to an aromatic ring is 1. The van der Waals surface area contributed by atoms with E-state index in [1.54, 1.807) is 23.9 Å². The first kappa shape index (κ1) is 11.4. The van der Waals surface area contributed by atoms with Gasteiger partial charge in [-0.1, -0.05) is 0 Å². The second-order valence-corrected chi connectivity index (χ2v) is 3.88. The number of ether oxygens (including phenoxy) is 1. The van der Waals surface area contributed by atoms with Crippen LogP contribution in [0.5, 0.6) is 5.75 Å². The fraction of sp³-hybridized carbons (Fsp3) is 0.250. The summed E-state index contributed by atoms with van der Waals surface area (Å²) in [6.45, 7) is 1.88. The van der Waals surface area contributed by atoms with E-state index in [2.05, 4.69) is 5.10 Å². The predicted octanol–water partition coefficient (Wildman–Crippen LogP) is 2.13. The number of aromatic nitrogens is 2. The minimum Gasteiger partial charge on any atom is -0.492 e. The van der Waals surface area contributed by atoms with E-state index in [0.717, 1.165) is 5.56 Å². The SMILES string of the molecule is COc1c(N)ccc(-c2nn(C)cc2C)c1F. The van der Waals surface area contributed by atoms with Crippen molar-refractivity contribution in [1.29, 1.82) is 0 Å². The maximum atomic E-state index is 14.2. The zero-order valence-electron chi connectivity index (χ0n) is 9.99. The Hall–Kier alpha value is -2.04. The summed E-state index contributed by atoms with van der Waals surface area (Å²) < 4.78 is 20.8. The Morgan fingerprint density at radius 1 is 1.41 bits per heavy atom. The number of nitrogens with zero attached hydrogens (tertiary/aromatic N) is 2. The van der Waals surface area contributed by atoms with Crippen LogP contribution in [0.15, 0.2) is 18.3 Å². The highest BCUT2D eigenvalue weighted by Crippen LogP contribution is 2.33. The Labute approximate surface area is 98.8 Å². The van der Waals surface area contributed by atoms with Crippen molar-refractivity contribution in [3.05, 3.63) is 29.7 Å². The van der Waals surface area contributed by atoms with Gasteiger partial charge in [0.1, 0.15) is 0 Å². The molecule has 0 aliphatic carbocycles. The summed E-state index contributed by atoms with van der Waals surface area (Å²) in [7, 11) is 3.19. The second kappa shape index (κ2) is 4.08. The average molecular weight is 235 g/mol. The zero-order valence-corrected chi connectivity index (χ0v) is 9.99. The van der Waals surface area contributed by atoms with Crippen molar-refractivity contribution in [2.24, 2.45) is 7.05 Å². The number of hydrogen-bond acceptors (Lipinski definition) is 3. The van der Waals surface area contributed by atoms with Crippen LogP contribution in [-0.4, -0.2) is 16.9 Å². The Bertz CT molecular complexity index is 563. The molecule has 0 bridgehead atoms. The summed E-state index contributed by atoms with van der Waals surface area (Å²) in [6, 6.07) is 3.23. The number of methoxy groups -OCH3 is 1. The molecule has 17 heavy (non-hydrogen) atoms. The van der Waals surface area contributed by atoms with Gasteiger partial charge in [-0.25, -0.2) is 4.39 Å². The van der Waals surface area contributed by atoms with E-state index < -0.39 is 5.82 Å². The number of anilines is 1. The molecule has 0 saturated carbocycles. The average Bonchev–Trinajstić information content (AvgIpc) is 2.59. The van der Waals surface area contributed by atoms with E-state index in [0.29, 0.717) is 11.3 Å². The maximum Gasteiger partial charge on any atom is 0.178 e. The standard InChI is InChI=1S/C12H14FN3O/c1-7-6-16(2)15-11(7)8-4-5-9(14)12(17-3)10(8)13/h4-6H,14H2,1-3H3. The van der Waals surface area contributed by atoms with E-state index in [-0.39, 0.29) is 11.4 Å². The third-order valence-corrected chi connectivity index (χ3v) is 2.60. The second-order valence-electron chi connectivity index (χ2n) is 3.88. The van der Waals surface area contributed by atoms with Crippen molar-refractivity contribution in [3.8, 4) is 17.0 Å². The summed E-state index contributed by atoms with van der Waals surface area (Å²) in [5, 5.41) is 4.23. The first-order valence-corrected chi connectivity index (χ1v) is 5.17. The maximum absolute atomic E-state index is 14.2. The normalized spacial score (nSPS) is 10.6. The molecule has 2 rings (SSSR count). The zero-order chi connectivity index (χ0) is 12.6. The molecule has 90 valence electrons. The largest absolute Gasteiger partial charge is 0.492 e. The smallest absolute Gasteiger partial charge is 0.178 e. The number of rotatable bonds is 2. The lowest BCUT2D eigenvalue weighted by molar-refractivity contribution is 0.389. The van der Waals surface area contributed by atoms with Crippen LogP contribution in [0.25, 0.3) is 11.3 Å². The van der Waals surface area contributed by atoms with Crippen LogP contribution in [0.2, 0.25) is 0 Å². The molecule has 2 N–H and O–H groups in total. The molecule has 1 aromatic carbocycles. The van der Waals surface area contributed by atoms with Gasteiger partial charge in [0, 0.05) is 18.8 Å². The third-order valence-electron chi connectivity index (χ3n) is 2.60. The van der Waals surface area contributed by atoms with Gasteiger partial charge in [0.25, 0.3) is 0 Å². The molecule has 0 amide bonds. The molecule has 0 aliphatic heterocycles. The summed E-state index contributed by atoms with van der Waals surface area (Å²) >= 11 is 0. The Morgan fingerprint density at radius 2 is 2.12 bits per heavy atom. The predicted molar refractivity (Wildman–Crippen MR) is 64.3 cm³/mol. The Balaban J connectivity index is 2.64. The molecular formula is C12H14FN3O. The summed E-state index contributed by atoms with van der Waals surface area (Å²) in [4.78, 5) is 0. The summed E-state index contributed by atoms with van der Waals surface area (Å²) in [5.41, 5.74) is 7.81. The van der Waals surface area contributed by atoms with Crippen molar-refractivity contribution in [1.82, 2.24) is 9.78 Å². The molecule has 0 atom stereocenters. The summed E-state index contributed by atoms with van der Waals surface area (Å²) in [6.07, 6.45) is 1.83. The highest BCUT2D eigenvalue weighted by Gasteiger charge is 2.17. The first-order chi connectivity index (χ1) is 8.04. The number of aryl methyl sites for hydroxylation is 2. The minimum absolute atomic E-state index is 0.0625. The number of nitrogens with two attached hydrogens (primary N) is 1. The van der Waals surface area contributed by atoms with Crippen molar-refractivity contribution < 1.29 is 9.13 Å². The van der Waals surface area contributed by atoms with Crippen LogP contribution < -0.4 is 10.5 Å². The van der Waals surface area contributed by atoms with Gasteiger partial charge >= 0.3 is 0 Å². The van der Waals surface area contributed by atoms with Crippen LogP contribution >= 0.6 is 0 Å². The van der Waals surface area contributed by atoms with Gasteiger partial charge in [-0.3, -0.25) is 4.68 Å². The molecule has 0 fully saturated rings. The fourth-order valence-corrected chi connectivity index (χ4v) is 1.83. The lowest BCUT2D eigenvalue weighted by Gasteiger charge is -2.09. The van der Waals surface area contributed by atoms with Gasteiger partial charge in [-0.2, -0.15) is 5.10 Å². The molecular weight excluding hydrogens is 221 g/mol. The lowest BCUT2D eigenvalue weighted by Crippen LogP contribution is -1.98. The fourth-order valence-electron chi connectivity index (χ4n) is 1.83. The Kier molecular flexibility index (Phi) is 2.75. The van der Waals surface area contributed by atoms with Crippen molar-refractivity contribution in [3.63, 3.8) is 0 Å². The van der Waals surface area contributed by atoms with E-state index in [9.17, 15) is 4.39 Å². The van der Waals surface area contributed by atoms with Gasteiger partial charge < -0.3 is 10.5 Å². The summed E-state index contributed by atoms with van der Waals surface area (Å²) in [5.74, 6) is -0.415. The lowest BCUT2D eigenvalue weighted by atomic mass is 10.1. The van der Waals surface area contributed by atoms with Gasteiger partial charge in [0.05, 0.1) is 18.5 Å². The van der Waals surface area contributed by atoms with Gasteiger partial charge in [-0.05, 0) is 24.6 Å². The highest BCUT2D eigenvalue weighted by molar-refractivity contribution is 5.70. The van der Waals surface area contributed by atoms with Crippen molar-refractivity contribution >= 4 is 5.69 Å². The van der Waals surface area contributed by atoms with Crippen molar-refractivity contribution in [2.45, 2.75) is 6.92 Å². The topological polar surface area (TPSA) is 53.1 Å². The van der Waals surface area contributed by atoms with E-state index in [1.165, 1.54) is 7.11 Å². The molecule has 2 aromatic rings. The molecule has 0 spiro atoms. The quantitative estimate of drug-likeness (QED) is 0.811. The van der Waals surface area contributed by atoms with Crippen molar-refractivity contribution in [2.75, 3.05) is 12.8 Å². The highest BCUT2D eigenvalue weighted by atomic mass is 19.1. The monoisotopic (exact) mass is 235 g/mol. The molecule has 5 heteroatoms. The van der Waals surface area contributed by atoms with Crippen LogP contribution in [0, 0.1) is 12.7 Å².